The predicted molar refractivity (Wildman–Crippen MR) is 86.0 cm³/mol. The van der Waals surface area contributed by atoms with Crippen LogP contribution >= 0.6 is 0 Å². The molecule has 0 aliphatic carbocycles. The van der Waals surface area contributed by atoms with Gasteiger partial charge in [0.25, 0.3) is 0 Å². The normalized spacial score (nSPS) is 11.9. The van der Waals surface area contributed by atoms with E-state index in [1.807, 2.05) is 42.5 Å². The van der Waals surface area contributed by atoms with Crippen LogP contribution in [0.15, 0.2) is 55.1 Å². The molecule has 4 nitrogen and oxygen atoms in total. The van der Waals surface area contributed by atoms with Gasteiger partial charge in [-0.1, -0.05) is 36.4 Å². The van der Waals surface area contributed by atoms with Crippen LogP contribution in [0.3, 0.4) is 0 Å². The molecule has 116 valence electrons. The number of benzene rings is 2. The molecule has 0 fully saturated rings. The van der Waals surface area contributed by atoms with Crippen LogP contribution in [0.4, 0.5) is 0 Å². The summed E-state index contributed by atoms with van der Waals surface area (Å²) in [5, 5.41) is 2.28. The molecule has 2 aromatic carbocycles. The van der Waals surface area contributed by atoms with Gasteiger partial charge in [-0.25, -0.2) is 4.79 Å². The van der Waals surface area contributed by atoms with Crippen LogP contribution in [0.5, 0.6) is 5.75 Å². The number of rotatable bonds is 8. The molecule has 0 N–H and O–H groups in total. The first-order chi connectivity index (χ1) is 10.7. The summed E-state index contributed by atoms with van der Waals surface area (Å²) in [5.74, 6) is 0.356. The van der Waals surface area contributed by atoms with Gasteiger partial charge in [0.05, 0.1) is 6.61 Å². The molecule has 1 unspecified atom stereocenters. The minimum Gasteiger partial charge on any atom is -0.490 e. The highest BCUT2D eigenvalue weighted by Crippen LogP contribution is 2.20. The summed E-state index contributed by atoms with van der Waals surface area (Å²) in [7, 11) is 0. The number of esters is 1. The Labute approximate surface area is 130 Å². The fraction of sp³-hybridized carbons (Fsp3) is 0.278. The van der Waals surface area contributed by atoms with E-state index in [0.717, 1.165) is 16.5 Å². The van der Waals surface area contributed by atoms with Gasteiger partial charge in [-0.15, -0.1) is 6.58 Å². The highest BCUT2D eigenvalue weighted by atomic mass is 16.6. The van der Waals surface area contributed by atoms with Crippen molar-refractivity contribution in [2.24, 2.45) is 0 Å². The van der Waals surface area contributed by atoms with E-state index in [2.05, 4.69) is 6.58 Å². The molecule has 0 radical (unpaired) electrons. The third-order valence-corrected chi connectivity index (χ3v) is 3.11. The van der Waals surface area contributed by atoms with E-state index >= 15 is 0 Å². The molecule has 4 heteroatoms. The molecule has 0 amide bonds. The van der Waals surface area contributed by atoms with Crippen LogP contribution in [-0.4, -0.2) is 31.9 Å². The summed E-state index contributed by atoms with van der Waals surface area (Å²) in [4.78, 5) is 11.6. The first-order valence-electron chi connectivity index (χ1n) is 7.21. The number of hydrogen-bond acceptors (Lipinski definition) is 4. The molecule has 1 atom stereocenters. The molecule has 0 aliphatic heterocycles. The molecule has 22 heavy (non-hydrogen) atoms. The maximum atomic E-state index is 11.6. The summed E-state index contributed by atoms with van der Waals surface area (Å²) >= 11 is 0. The minimum absolute atomic E-state index is 0.188. The van der Waals surface area contributed by atoms with Gasteiger partial charge < -0.3 is 14.2 Å². The van der Waals surface area contributed by atoms with Crippen LogP contribution in [-0.2, 0) is 14.3 Å². The second kappa shape index (κ2) is 8.20. The van der Waals surface area contributed by atoms with E-state index in [9.17, 15) is 4.79 Å². The van der Waals surface area contributed by atoms with E-state index in [4.69, 9.17) is 14.2 Å². The lowest BCUT2D eigenvalue weighted by molar-refractivity contribution is -0.156. The maximum Gasteiger partial charge on any atom is 0.335 e. The molecule has 2 aromatic rings. The zero-order chi connectivity index (χ0) is 15.8. The highest BCUT2D eigenvalue weighted by molar-refractivity contribution is 5.83. The molecular weight excluding hydrogens is 280 g/mol. The Kier molecular flexibility index (Phi) is 5.98. The second-order valence-corrected chi connectivity index (χ2v) is 4.79. The monoisotopic (exact) mass is 300 g/mol. The molecule has 0 saturated carbocycles. The van der Waals surface area contributed by atoms with E-state index in [-0.39, 0.29) is 6.61 Å². The third kappa shape index (κ3) is 4.60. The fourth-order valence-corrected chi connectivity index (χ4v) is 1.96. The lowest BCUT2D eigenvalue weighted by Crippen LogP contribution is -2.25. The van der Waals surface area contributed by atoms with Crippen LogP contribution in [0.25, 0.3) is 10.8 Å². The van der Waals surface area contributed by atoms with Crippen molar-refractivity contribution >= 4 is 16.7 Å². The fourth-order valence-electron chi connectivity index (χ4n) is 1.96. The molecular formula is C18H20O4. The molecule has 2 rings (SSSR count). The van der Waals surface area contributed by atoms with E-state index in [1.165, 1.54) is 0 Å². The Hall–Kier alpha value is -2.33. The molecule has 0 heterocycles. The average Bonchev–Trinajstić information content (AvgIpc) is 2.56. The largest absolute Gasteiger partial charge is 0.490 e. The summed E-state index contributed by atoms with van der Waals surface area (Å²) in [6.07, 6.45) is 0.991. The number of carbonyl (C=O) groups excluding carboxylic acids is 1. The summed E-state index contributed by atoms with van der Waals surface area (Å²) in [6, 6.07) is 13.9. The zero-order valence-electron chi connectivity index (χ0n) is 12.7. The lowest BCUT2D eigenvalue weighted by Gasteiger charge is -2.12. The summed E-state index contributed by atoms with van der Waals surface area (Å²) < 4.78 is 15.9. The van der Waals surface area contributed by atoms with Crippen molar-refractivity contribution in [2.45, 2.75) is 13.0 Å². The van der Waals surface area contributed by atoms with Gasteiger partial charge in [-0.05, 0) is 29.8 Å². The van der Waals surface area contributed by atoms with Crippen LogP contribution in [0, 0.1) is 0 Å². The van der Waals surface area contributed by atoms with Crippen molar-refractivity contribution in [1.29, 1.82) is 0 Å². The van der Waals surface area contributed by atoms with Crippen molar-refractivity contribution in [3.05, 3.63) is 55.1 Å². The van der Waals surface area contributed by atoms with Gasteiger partial charge in [0.1, 0.15) is 19.0 Å². The topological polar surface area (TPSA) is 44.8 Å². The maximum absolute atomic E-state index is 11.6. The predicted octanol–water partition coefficient (Wildman–Crippen LogP) is 3.35. The quantitative estimate of drug-likeness (QED) is 0.426. The number of carbonyl (C=O) groups is 1. The Morgan fingerprint density at radius 2 is 1.95 bits per heavy atom. The summed E-state index contributed by atoms with van der Waals surface area (Å²) in [5.41, 5.74) is 0. The van der Waals surface area contributed by atoms with Gasteiger partial charge in [0, 0.05) is 0 Å². The van der Waals surface area contributed by atoms with Gasteiger partial charge in [0.2, 0.25) is 0 Å². The molecule has 0 saturated heterocycles. The van der Waals surface area contributed by atoms with Crippen molar-refractivity contribution in [2.75, 3.05) is 19.8 Å². The Balaban J connectivity index is 1.75. The van der Waals surface area contributed by atoms with Crippen LogP contribution in [0.1, 0.15) is 6.92 Å². The smallest absolute Gasteiger partial charge is 0.335 e. The van der Waals surface area contributed by atoms with Crippen LogP contribution < -0.4 is 4.74 Å². The zero-order valence-corrected chi connectivity index (χ0v) is 12.7. The van der Waals surface area contributed by atoms with E-state index in [0.29, 0.717) is 13.2 Å². The van der Waals surface area contributed by atoms with Crippen molar-refractivity contribution < 1.29 is 19.0 Å². The standard InChI is InChI=1S/C18H20O4/c1-3-10-20-14(2)18(19)22-12-11-21-17-9-8-15-6-4-5-7-16(15)13-17/h3-9,13-14H,1,10-12H2,2H3. The third-order valence-electron chi connectivity index (χ3n) is 3.11. The molecule has 0 bridgehead atoms. The SMILES string of the molecule is C=CCOC(C)C(=O)OCCOc1ccc2ccccc2c1. The van der Waals surface area contributed by atoms with Crippen molar-refractivity contribution in [3.63, 3.8) is 0 Å². The first-order valence-corrected chi connectivity index (χ1v) is 7.21. The highest BCUT2D eigenvalue weighted by Gasteiger charge is 2.13. The molecule has 0 aliphatic rings. The van der Waals surface area contributed by atoms with E-state index in [1.54, 1.807) is 13.0 Å². The average molecular weight is 300 g/mol. The Bertz CT molecular complexity index is 636. The van der Waals surface area contributed by atoms with Crippen molar-refractivity contribution in [1.82, 2.24) is 0 Å². The molecule has 0 aromatic heterocycles. The Morgan fingerprint density at radius 3 is 2.73 bits per heavy atom. The summed E-state index contributed by atoms with van der Waals surface area (Å²) in [6.45, 7) is 5.99. The van der Waals surface area contributed by atoms with Gasteiger partial charge in [0.15, 0.2) is 6.10 Å². The lowest BCUT2D eigenvalue weighted by atomic mass is 10.1. The minimum atomic E-state index is -0.598. The number of fused-ring (bicyclic) bond motifs is 1. The number of ether oxygens (including phenoxy) is 3. The second-order valence-electron chi connectivity index (χ2n) is 4.79. The van der Waals surface area contributed by atoms with E-state index < -0.39 is 12.1 Å². The van der Waals surface area contributed by atoms with Gasteiger partial charge in [-0.2, -0.15) is 0 Å². The Morgan fingerprint density at radius 1 is 1.18 bits per heavy atom. The van der Waals surface area contributed by atoms with Gasteiger partial charge in [-0.3, -0.25) is 0 Å². The van der Waals surface area contributed by atoms with Gasteiger partial charge >= 0.3 is 5.97 Å². The number of hydrogen-bond donors (Lipinski definition) is 0. The van der Waals surface area contributed by atoms with Crippen molar-refractivity contribution in [3.8, 4) is 5.75 Å². The molecule has 0 spiro atoms. The van der Waals surface area contributed by atoms with Crippen LogP contribution in [0.2, 0.25) is 0 Å². The first kappa shape index (κ1) is 16.0.